The fraction of sp³-hybridized carbons (Fsp3) is 0.308. The summed E-state index contributed by atoms with van der Waals surface area (Å²) < 4.78 is 19.2. The summed E-state index contributed by atoms with van der Waals surface area (Å²) in [5.74, 6) is 0.817. The van der Waals surface area contributed by atoms with Crippen LogP contribution >= 0.6 is 11.6 Å². The first kappa shape index (κ1) is 22.3. The van der Waals surface area contributed by atoms with Crippen molar-refractivity contribution in [3.8, 4) is 5.75 Å². The van der Waals surface area contributed by atoms with Crippen LogP contribution in [0.25, 0.3) is 0 Å². The molecule has 1 N–H and O–H groups in total. The first-order valence-electron chi connectivity index (χ1n) is 10.4. The summed E-state index contributed by atoms with van der Waals surface area (Å²) in [6.07, 6.45) is 1.04. The Bertz CT molecular complexity index is 907. The van der Waals surface area contributed by atoms with Crippen molar-refractivity contribution in [2.24, 2.45) is 0 Å². The highest BCUT2D eigenvalue weighted by Crippen LogP contribution is 2.30. The molecule has 158 valence electrons. The lowest BCUT2D eigenvalue weighted by Crippen LogP contribution is -2.21. The molecule has 30 heavy (non-hydrogen) atoms. The molecule has 0 unspecified atom stereocenters. The van der Waals surface area contributed by atoms with Gasteiger partial charge < -0.3 is 10.1 Å². The van der Waals surface area contributed by atoms with Gasteiger partial charge in [0.05, 0.1) is 6.10 Å². The van der Waals surface area contributed by atoms with Crippen molar-refractivity contribution in [3.05, 3.63) is 100 Å². The maximum atomic E-state index is 13.5. The maximum absolute atomic E-state index is 13.5. The van der Waals surface area contributed by atoms with Gasteiger partial charge in [0.15, 0.2) is 0 Å². The number of hydrogen-bond acceptors (Lipinski definition) is 2. The van der Waals surface area contributed by atoms with Crippen LogP contribution < -0.4 is 10.1 Å². The molecule has 0 amide bonds. The molecular formula is C26H29ClFNO. The fourth-order valence-electron chi connectivity index (χ4n) is 3.59. The number of halogens is 2. The lowest BCUT2D eigenvalue weighted by atomic mass is 9.88. The topological polar surface area (TPSA) is 21.3 Å². The van der Waals surface area contributed by atoms with Gasteiger partial charge in [0, 0.05) is 17.0 Å². The Morgan fingerprint density at radius 1 is 0.800 bits per heavy atom. The summed E-state index contributed by atoms with van der Waals surface area (Å²) in [6.45, 7) is 7.01. The third-order valence-electron chi connectivity index (χ3n) is 5.18. The van der Waals surface area contributed by atoms with E-state index in [0.717, 1.165) is 29.3 Å². The average molecular weight is 426 g/mol. The van der Waals surface area contributed by atoms with Gasteiger partial charge in [0.1, 0.15) is 11.6 Å². The van der Waals surface area contributed by atoms with Gasteiger partial charge in [-0.3, -0.25) is 0 Å². The fourth-order valence-corrected chi connectivity index (χ4v) is 3.71. The van der Waals surface area contributed by atoms with Gasteiger partial charge in [0.2, 0.25) is 0 Å². The van der Waals surface area contributed by atoms with Crippen molar-refractivity contribution < 1.29 is 9.13 Å². The SMILES string of the molecule is CC(C)Oc1ccc([C@@H](CCN[C@H](C)c2ccc(Cl)cc2)c2ccc(F)cc2)cc1. The summed E-state index contributed by atoms with van der Waals surface area (Å²) in [7, 11) is 0. The first-order valence-corrected chi connectivity index (χ1v) is 10.8. The van der Waals surface area contributed by atoms with E-state index in [2.05, 4.69) is 24.4 Å². The van der Waals surface area contributed by atoms with E-state index in [9.17, 15) is 4.39 Å². The van der Waals surface area contributed by atoms with Gasteiger partial charge in [-0.15, -0.1) is 0 Å². The molecule has 3 aromatic rings. The van der Waals surface area contributed by atoms with Crippen molar-refractivity contribution in [2.45, 2.75) is 45.3 Å². The average Bonchev–Trinajstić information content (AvgIpc) is 2.73. The molecule has 3 aromatic carbocycles. The molecular weight excluding hydrogens is 397 g/mol. The molecule has 0 aliphatic heterocycles. The molecule has 4 heteroatoms. The molecule has 0 saturated carbocycles. The van der Waals surface area contributed by atoms with Gasteiger partial charge in [-0.05, 0) is 86.8 Å². The molecule has 0 saturated heterocycles. The van der Waals surface area contributed by atoms with Crippen LogP contribution in [0.3, 0.4) is 0 Å². The Labute approximate surface area is 184 Å². The van der Waals surface area contributed by atoms with Gasteiger partial charge in [0.25, 0.3) is 0 Å². The van der Waals surface area contributed by atoms with Crippen molar-refractivity contribution >= 4 is 11.6 Å². The van der Waals surface area contributed by atoms with Gasteiger partial charge in [-0.1, -0.05) is 48.0 Å². The Kier molecular flexibility index (Phi) is 7.89. The number of ether oxygens (including phenoxy) is 1. The van der Waals surface area contributed by atoms with Gasteiger partial charge >= 0.3 is 0 Å². The second-order valence-electron chi connectivity index (χ2n) is 7.86. The van der Waals surface area contributed by atoms with Crippen LogP contribution in [0.4, 0.5) is 4.39 Å². The molecule has 2 nitrogen and oxygen atoms in total. The molecule has 0 spiro atoms. The highest BCUT2D eigenvalue weighted by atomic mass is 35.5. The molecule has 0 aliphatic rings. The number of nitrogens with one attached hydrogen (secondary N) is 1. The number of rotatable bonds is 9. The zero-order valence-electron chi connectivity index (χ0n) is 17.7. The van der Waals surface area contributed by atoms with E-state index in [4.69, 9.17) is 16.3 Å². The monoisotopic (exact) mass is 425 g/mol. The molecule has 0 radical (unpaired) electrons. The van der Waals surface area contributed by atoms with Crippen LogP contribution in [0.5, 0.6) is 5.75 Å². The standard InChI is InChI=1S/C26H29ClFNO/c1-18(2)30-25-14-8-22(9-15-25)26(21-6-12-24(28)13-7-21)16-17-29-19(3)20-4-10-23(27)11-5-20/h4-15,18-19,26,29H,16-17H2,1-3H3/t19-,26+/m1/s1. The van der Waals surface area contributed by atoms with Crippen LogP contribution in [-0.4, -0.2) is 12.6 Å². The van der Waals surface area contributed by atoms with Gasteiger partial charge in [-0.2, -0.15) is 0 Å². The van der Waals surface area contributed by atoms with Crippen LogP contribution in [0, 0.1) is 5.82 Å². The van der Waals surface area contributed by atoms with Crippen LogP contribution in [0.1, 0.15) is 55.8 Å². The maximum Gasteiger partial charge on any atom is 0.123 e. The zero-order chi connectivity index (χ0) is 21.5. The summed E-state index contributed by atoms with van der Waals surface area (Å²) in [6, 6.07) is 23.2. The highest BCUT2D eigenvalue weighted by molar-refractivity contribution is 6.30. The normalized spacial score (nSPS) is 13.3. The van der Waals surface area contributed by atoms with E-state index < -0.39 is 0 Å². The van der Waals surface area contributed by atoms with E-state index in [1.165, 1.54) is 23.3 Å². The second kappa shape index (κ2) is 10.6. The van der Waals surface area contributed by atoms with Crippen molar-refractivity contribution in [1.29, 1.82) is 0 Å². The minimum absolute atomic E-state index is 0.141. The smallest absolute Gasteiger partial charge is 0.123 e. The summed E-state index contributed by atoms with van der Waals surface area (Å²) in [5, 5.41) is 4.34. The Morgan fingerprint density at radius 3 is 1.90 bits per heavy atom. The largest absolute Gasteiger partial charge is 0.491 e. The second-order valence-corrected chi connectivity index (χ2v) is 8.29. The minimum Gasteiger partial charge on any atom is -0.491 e. The molecule has 3 rings (SSSR count). The van der Waals surface area contributed by atoms with Crippen molar-refractivity contribution in [3.63, 3.8) is 0 Å². The molecule has 0 bridgehead atoms. The van der Waals surface area contributed by atoms with E-state index in [1.54, 1.807) is 0 Å². The van der Waals surface area contributed by atoms with Gasteiger partial charge in [-0.25, -0.2) is 4.39 Å². The molecule has 0 aliphatic carbocycles. The van der Waals surface area contributed by atoms with E-state index in [1.807, 2.05) is 62.4 Å². The molecule has 0 aromatic heterocycles. The van der Waals surface area contributed by atoms with E-state index >= 15 is 0 Å². The number of hydrogen-bond donors (Lipinski definition) is 1. The van der Waals surface area contributed by atoms with Crippen LogP contribution in [-0.2, 0) is 0 Å². The lowest BCUT2D eigenvalue weighted by molar-refractivity contribution is 0.242. The van der Waals surface area contributed by atoms with Crippen LogP contribution in [0.15, 0.2) is 72.8 Å². The summed E-state index contributed by atoms with van der Waals surface area (Å²) in [5.41, 5.74) is 3.50. The Morgan fingerprint density at radius 2 is 1.33 bits per heavy atom. The van der Waals surface area contributed by atoms with Crippen molar-refractivity contribution in [1.82, 2.24) is 5.32 Å². The Balaban J connectivity index is 1.71. The quantitative estimate of drug-likeness (QED) is 0.393. The third-order valence-corrected chi connectivity index (χ3v) is 5.43. The highest BCUT2D eigenvalue weighted by Gasteiger charge is 2.16. The van der Waals surface area contributed by atoms with Crippen LogP contribution in [0.2, 0.25) is 5.02 Å². The lowest BCUT2D eigenvalue weighted by Gasteiger charge is -2.21. The predicted molar refractivity (Wildman–Crippen MR) is 123 cm³/mol. The third kappa shape index (κ3) is 6.32. The molecule has 2 atom stereocenters. The predicted octanol–water partition coefficient (Wildman–Crippen LogP) is 7.14. The van der Waals surface area contributed by atoms with E-state index in [-0.39, 0.29) is 23.9 Å². The zero-order valence-corrected chi connectivity index (χ0v) is 18.5. The van der Waals surface area contributed by atoms with Crippen molar-refractivity contribution in [2.75, 3.05) is 6.54 Å². The minimum atomic E-state index is -0.215. The Hall–Kier alpha value is -2.36. The molecule has 0 fully saturated rings. The first-order chi connectivity index (χ1) is 14.4. The molecule has 0 heterocycles. The number of benzene rings is 3. The summed E-state index contributed by atoms with van der Waals surface area (Å²) >= 11 is 5.99. The summed E-state index contributed by atoms with van der Waals surface area (Å²) in [4.78, 5) is 0. The van der Waals surface area contributed by atoms with E-state index in [0.29, 0.717) is 0 Å².